The van der Waals surface area contributed by atoms with Crippen LogP contribution in [0.15, 0.2) is 29.1 Å². The van der Waals surface area contributed by atoms with Crippen molar-refractivity contribution in [2.45, 2.75) is 57.5 Å². The highest BCUT2D eigenvalue weighted by Crippen LogP contribution is 2.21. The highest BCUT2D eigenvalue weighted by molar-refractivity contribution is 7.71. The summed E-state index contributed by atoms with van der Waals surface area (Å²) in [6.07, 6.45) is 7.37. The maximum Gasteiger partial charge on any atom is 0.262 e. The number of benzene rings is 1. The van der Waals surface area contributed by atoms with Crippen molar-refractivity contribution >= 4 is 29.0 Å². The molecule has 0 atom stereocenters. The van der Waals surface area contributed by atoms with Gasteiger partial charge in [0.1, 0.15) is 0 Å². The number of fused-ring (bicyclic) bond motifs is 1. The number of H-pyrrole nitrogens is 1. The highest BCUT2D eigenvalue weighted by atomic mass is 32.1. The van der Waals surface area contributed by atoms with E-state index in [0.717, 1.165) is 18.4 Å². The van der Waals surface area contributed by atoms with Gasteiger partial charge in [-0.2, -0.15) is 0 Å². The number of aromatic amines is 1. The zero-order valence-corrected chi connectivity index (χ0v) is 15.5. The van der Waals surface area contributed by atoms with Crippen molar-refractivity contribution in [1.29, 1.82) is 0 Å². The van der Waals surface area contributed by atoms with Crippen LogP contribution in [0.3, 0.4) is 0 Å². The van der Waals surface area contributed by atoms with Crippen molar-refractivity contribution in [3.63, 3.8) is 0 Å². The van der Waals surface area contributed by atoms with Crippen LogP contribution in [-0.4, -0.2) is 33.4 Å². The molecule has 0 unspecified atom stereocenters. The first-order valence-electron chi connectivity index (χ1n) is 9.05. The standard InChI is InChI=1S/C19H25N3O2S/c1-21(14-8-4-2-3-5-9-14)17(23)12-13-22-18(24)15-10-6-7-11-16(15)20-19(22)25/h6-7,10-11,14H,2-5,8-9,12-13H2,1H3,(H,20,25). The first kappa shape index (κ1) is 17.9. The number of aromatic nitrogens is 2. The van der Waals surface area contributed by atoms with E-state index in [1.54, 1.807) is 6.07 Å². The van der Waals surface area contributed by atoms with Gasteiger partial charge in [0.05, 0.1) is 10.9 Å². The summed E-state index contributed by atoms with van der Waals surface area (Å²) in [5, 5.41) is 0.598. The molecule has 6 heteroatoms. The number of para-hydroxylation sites is 1. The van der Waals surface area contributed by atoms with E-state index in [9.17, 15) is 9.59 Å². The summed E-state index contributed by atoms with van der Waals surface area (Å²) < 4.78 is 1.87. The molecule has 0 saturated heterocycles. The van der Waals surface area contributed by atoms with Gasteiger partial charge in [0.2, 0.25) is 5.91 Å². The van der Waals surface area contributed by atoms with Gasteiger partial charge >= 0.3 is 0 Å². The molecule has 0 bridgehead atoms. The second-order valence-corrected chi connectivity index (χ2v) is 7.22. The van der Waals surface area contributed by atoms with Crippen LogP contribution in [0.4, 0.5) is 0 Å². The van der Waals surface area contributed by atoms with Crippen molar-refractivity contribution < 1.29 is 4.79 Å². The molecule has 3 rings (SSSR count). The van der Waals surface area contributed by atoms with E-state index in [0.29, 0.717) is 29.2 Å². The van der Waals surface area contributed by atoms with Crippen LogP contribution in [0.2, 0.25) is 0 Å². The van der Waals surface area contributed by atoms with E-state index in [1.165, 1.54) is 30.3 Å². The molecule has 1 saturated carbocycles. The van der Waals surface area contributed by atoms with E-state index in [4.69, 9.17) is 12.2 Å². The molecule has 134 valence electrons. The van der Waals surface area contributed by atoms with E-state index < -0.39 is 0 Å². The largest absolute Gasteiger partial charge is 0.343 e. The van der Waals surface area contributed by atoms with Crippen LogP contribution in [0.1, 0.15) is 44.9 Å². The van der Waals surface area contributed by atoms with E-state index in [1.807, 2.05) is 30.1 Å². The third kappa shape index (κ3) is 4.00. The Morgan fingerprint density at radius 1 is 1.24 bits per heavy atom. The number of carbonyl (C=O) groups is 1. The Morgan fingerprint density at radius 2 is 1.92 bits per heavy atom. The lowest BCUT2D eigenvalue weighted by molar-refractivity contribution is -0.132. The Balaban J connectivity index is 1.72. The fraction of sp³-hybridized carbons (Fsp3) is 0.526. The van der Waals surface area contributed by atoms with Crippen molar-refractivity contribution in [2.75, 3.05) is 7.05 Å². The number of carbonyl (C=O) groups excluding carboxylic acids is 1. The normalized spacial score (nSPS) is 15.9. The number of hydrogen-bond donors (Lipinski definition) is 1. The predicted molar refractivity (Wildman–Crippen MR) is 102 cm³/mol. The van der Waals surface area contributed by atoms with Gasteiger partial charge < -0.3 is 9.88 Å². The SMILES string of the molecule is CN(C(=O)CCn1c(=S)[nH]c2ccccc2c1=O)C1CCCCCC1. The minimum Gasteiger partial charge on any atom is -0.343 e. The van der Waals surface area contributed by atoms with Gasteiger partial charge in [-0.1, -0.05) is 37.8 Å². The van der Waals surface area contributed by atoms with Crippen LogP contribution in [-0.2, 0) is 11.3 Å². The van der Waals surface area contributed by atoms with Gasteiger partial charge in [-0.15, -0.1) is 0 Å². The molecule has 0 spiro atoms. The summed E-state index contributed by atoms with van der Waals surface area (Å²) in [5.41, 5.74) is 0.597. The third-order valence-electron chi connectivity index (χ3n) is 5.20. The Bertz CT molecular complexity index is 863. The Hall–Kier alpha value is -1.95. The lowest BCUT2D eigenvalue weighted by Gasteiger charge is -2.27. The van der Waals surface area contributed by atoms with Crippen LogP contribution in [0, 0.1) is 4.77 Å². The number of nitrogens with one attached hydrogen (secondary N) is 1. The fourth-order valence-corrected chi connectivity index (χ4v) is 3.92. The molecule has 1 aromatic carbocycles. The van der Waals surface area contributed by atoms with Gasteiger partial charge in [-0.3, -0.25) is 14.2 Å². The maximum absolute atomic E-state index is 12.6. The minimum absolute atomic E-state index is 0.0846. The molecule has 25 heavy (non-hydrogen) atoms. The summed E-state index contributed by atoms with van der Waals surface area (Å²) in [6, 6.07) is 7.64. The second kappa shape index (κ2) is 7.95. The fourth-order valence-electron chi connectivity index (χ4n) is 3.63. The zero-order valence-electron chi connectivity index (χ0n) is 14.7. The topological polar surface area (TPSA) is 58.1 Å². The molecule has 1 aromatic heterocycles. The van der Waals surface area contributed by atoms with Gasteiger partial charge in [-0.25, -0.2) is 0 Å². The molecule has 2 aromatic rings. The van der Waals surface area contributed by atoms with Crippen molar-refractivity contribution in [1.82, 2.24) is 14.5 Å². The number of amides is 1. The minimum atomic E-state index is -0.135. The zero-order chi connectivity index (χ0) is 17.8. The van der Waals surface area contributed by atoms with Gasteiger partial charge in [-0.05, 0) is 37.2 Å². The quantitative estimate of drug-likeness (QED) is 0.670. The average molecular weight is 359 g/mol. The summed E-state index contributed by atoms with van der Waals surface area (Å²) in [6.45, 7) is 0.314. The van der Waals surface area contributed by atoms with Gasteiger partial charge in [0.25, 0.3) is 5.56 Å². The van der Waals surface area contributed by atoms with Gasteiger partial charge in [0, 0.05) is 26.1 Å². The third-order valence-corrected chi connectivity index (χ3v) is 5.53. The number of rotatable bonds is 4. The molecule has 1 N–H and O–H groups in total. The summed E-state index contributed by atoms with van der Waals surface area (Å²) in [5.74, 6) is 0.0846. The van der Waals surface area contributed by atoms with Crippen LogP contribution < -0.4 is 5.56 Å². The first-order valence-corrected chi connectivity index (χ1v) is 9.46. The van der Waals surface area contributed by atoms with Crippen LogP contribution >= 0.6 is 12.2 Å². The number of hydrogen-bond acceptors (Lipinski definition) is 3. The molecule has 5 nitrogen and oxygen atoms in total. The first-order chi connectivity index (χ1) is 12.1. The van der Waals surface area contributed by atoms with E-state index >= 15 is 0 Å². The molecular formula is C19H25N3O2S. The number of nitrogens with zero attached hydrogens (tertiary/aromatic N) is 2. The molecule has 1 aliphatic carbocycles. The molecular weight excluding hydrogens is 334 g/mol. The molecule has 0 aliphatic heterocycles. The summed E-state index contributed by atoms with van der Waals surface area (Å²) in [4.78, 5) is 30.2. The Kier molecular flexibility index (Phi) is 5.68. The lowest BCUT2D eigenvalue weighted by atomic mass is 10.1. The van der Waals surface area contributed by atoms with Crippen molar-refractivity contribution in [2.24, 2.45) is 0 Å². The molecule has 1 heterocycles. The monoisotopic (exact) mass is 359 g/mol. The Labute approximate surface area is 152 Å². The molecule has 1 aliphatic rings. The van der Waals surface area contributed by atoms with E-state index in [-0.39, 0.29) is 11.5 Å². The average Bonchev–Trinajstić information content (AvgIpc) is 2.90. The molecule has 1 fully saturated rings. The van der Waals surface area contributed by atoms with Crippen LogP contribution in [0.5, 0.6) is 0 Å². The Morgan fingerprint density at radius 3 is 2.64 bits per heavy atom. The lowest BCUT2D eigenvalue weighted by Crippen LogP contribution is -2.37. The van der Waals surface area contributed by atoms with E-state index in [2.05, 4.69) is 4.98 Å². The smallest absolute Gasteiger partial charge is 0.262 e. The van der Waals surface area contributed by atoms with Gasteiger partial charge in [0.15, 0.2) is 4.77 Å². The highest BCUT2D eigenvalue weighted by Gasteiger charge is 2.21. The van der Waals surface area contributed by atoms with Crippen LogP contribution in [0.25, 0.3) is 10.9 Å². The van der Waals surface area contributed by atoms with Crippen molar-refractivity contribution in [3.8, 4) is 0 Å². The predicted octanol–water partition coefficient (Wildman–Crippen LogP) is 3.63. The molecule has 1 amide bonds. The summed E-state index contributed by atoms with van der Waals surface area (Å²) in [7, 11) is 1.89. The maximum atomic E-state index is 12.6. The summed E-state index contributed by atoms with van der Waals surface area (Å²) >= 11 is 5.31. The van der Waals surface area contributed by atoms with Crippen molar-refractivity contribution in [3.05, 3.63) is 39.4 Å². The molecule has 0 radical (unpaired) electrons. The second-order valence-electron chi connectivity index (χ2n) is 6.83.